The first-order chi connectivity index (χ1) is 11.5. The summed E-state index contributed by atoms with van der Waals surface area (Å²) in [4.78, 5) is 16.6. The van der Waals surface area contributed by atoms with Gasteiger partial charge in [-0.3, -0.25) is 0 Å². The van der Waals surface area contributed by atoms with Gasteiger partial charge in [0.2, 0.25) is 11.6 Å². The molecule has 1 atom stereocenters. The van der Waals surface area contributed by atoms with Crippen molar-refractivity contribution in [3.63, 3.8) is 0 Å². The van der Waals surface area contributed by atoms with Crippen LogP contribution in [-0.4, -0.2) is 40.1 Å². The Bertz CT molecular complexity index is 668. The van der Waals surface area contributed by atoms with Crippen molar-refractivity contribution in [2.75, 3.05) is 19.1 Å². The van der Waals surface area contributed by atoms with E-state index >= 15 is 0 Å². The van der Waals surface area contributed by atoms with Gasteiger partial charge in [-0.1, -0.05) is 43.7 Å². The Morgan fingerprint density at radius 1 is 1.38 bits per heavy atom. The summed E-state index contributed by atoms with van der Waals surface area (Å²) in [5, 5.41) is 9.42. The van der Waals surface area contributed by atoms with Gasteiger partial charge in [0.05, 0.1) is 12.7 Å². The van der Waals surface area contributed by atoms with Gasteiger partial charge in [-0.05, 0) is 13.3 Å². The minimum atomic E-state index is -0.705. The first kappa shape index (κ1) is 17.8. The summed E-state index contributed by atoms with van der Waals surface area (Å²) in [6, 6.07) is 9.23. The van der Waals surface area contributed by atoms with Gasteiger partial charge < -0.3 is 20.4 Å². The van der Waals surface area contributed by atoms with Crippen LogP contribution in [0, 0.1) is 0 Å². The maximum Gasteiger partial charge on any atom is 0.362 e. The van der Waals surface area contributed by atoms with Crippen LogP contribution in [0.5, 0.6) is 5.88 Å². The predicted molar refractivity (Wildman–Crippen MR) is 90.2 cm³/mol. The Labute approximate surface area is 141 Å². The van der Waals surface area contributed by atoms with E-state index in [9.17, 15) is 9.90 Å². The van der Waals surface area contributed by atoms with Crippen LogP contribution in [0.15, 0.2) is 30.3 Å². The van der Waals surface area contributed by atoms with Crippen molar-refractivity contribution in [1.82, 2.24) is 9.66 Å². The Kier molecular flexibility index (Phi) is 6.20. The molecule has 7 nitrogen and oxygen atoms in total. The van der Waals surface area contributed by atoms with Gasteiger partial charge in [-0.2, -0.15) is 0 Å². The smallest absolute Gasteiger partial charge is 0.362 e. The summed E-state index contributed by atoms with van der Waals surface area (Å²) < 4.78 is 11.9. The summed E-state index contributed by atoms with van der Waals surface area (Å²) in [6.07, 6.45) is 0.980. The number of benzene rings is 1. The highest BCUT2D eigenvalue weighted by Crippen LogP contribution is 2.26. The number of imidazole rings is 1. The van der Waals surface area contributed by atoms with Gasteiger partial charge in [0.15, 0.2) is 5.82 Å². The van der Waals surface area contributed by atoms with E-state index in [2.05, 4.69) is 4.98 Å². The van der Waals surface area contributed by atoms with Crippen molar-refractivity contribution in [2.45, 2.75) is 32.8 Å². The summed E-state index contributed by atoms with van der Waals surface area (Å²) in [5.41, 5.74) is 0.752. The number of aliphatic hydroxyl groups is 1. The van der Waals surface area contributed by atoms with Crippen molar-refractivity contribution >= 4 is 5.97 Å². The molecule has 1 aromatic heterocycles. The molecule has 130 valence electrons. The van der Waals surface area contributed by atoms with Crippen LogP contribution in [-0.2, 0) is 4.74 Å². The standard InChI is InChI=1S/C17H23N3O4/c1-3-4-10-23-17(22)14-16(24-11-12(2)21)20(18)15(19-14)13-8-6-5-7-9-13/h5-9,12,21H,3-4,10-11,18H2,1-2H3. The molecule has 2 rings (SSSR count). The fourth-order valence-corrected chi connectivity index (χ4v) is 2.06. The van der Waals surface area contributed by atoms with E-state index in [-0.39, 0.29) is 18.2 Å². The van der Waals surface area contributed by atoms with Crippen LogP contribution in [0.1, 0.15) is 37.2 Å². The molecule has 24 heavy (non-hydrogen) atoms. The number of carbonyl (C=O) groups is 1. The zero-order valence-electron chi connectivity index (χ0n) is 13.9. The fourth-order valence-electron chi connectivity index (χ4n) is 2.06. The second kappa shape index (κ2) is 8.35. The number of ether oxygens (including phenoxy) is 2. The number of nitrogens with zero attached hydrogens (tertiary/aromatic N) is 2. The van der Waals surface area contributed by atoms with Gasteiger partial charge in [-0.25, -0.2) is 14.5 Å². The number of aromatic nitrogens is 2. The molecule has 0 aliphatic carbocycles. The maximum atomic E-state index is 12.3. The minimum Gasteiger partial charge on any atom is -0.473 e. The van der Waals surface area contributed by atoms with Crippen LogP contribution < -0.4 is 10.6 Å². The predicted octanol–water partition coefficient (Wildman–Crippen LogP) is 1.98. The number of esters is 1. The van der Waals surface area contributed by atoms with Gasteiger partial charge >= 0.3 is 5.97 Å². The molecule has 0 aliphatic heterocycles. The first-order valence-electron chi connectivity index (χ1n) is 7.95. The Hall–Kier alpha value is -2.54. The average molecular weight is 333 g/mol. The van der Waals surface area contributed by atoms with E-state index in [1.807, 2.05) is 37.3 Å². The molecular weight excluding hydrogens is 310 g/mol. The lowest BCUT2D eigenvalue weighted by molar-refractivity contribution is 0.0482. The molecule has 3 N–H and O–H groups in total. The second-order valence-electron chi connectivity index (χ2n) is 5.47. The van der Waals surface area contributed by atoms with Crippen molar-refractivity contribution < 1.29 is 19.4 Å². The highest BCUT2D eigenvalue weighted by molar-refractivity contribution is 5.91. The highest BCUT2D eigenvalue weighted by atomic mass is 16.5. The lowest BCUT2D eigenvalue weighted by Crippen LogP contribution is -2.20. The molecule has 1 aromatic carbocycles. The third-order valence-electron chi connectivity index (χ3n) is 3.28. The van der Waals surface area contributed by atoms with Gasteiger partial charge in [0, 0.05) is 5.56 Å². The van der Waals surface area contributed by atoms with Crippen LogP contribution >= 0.6 is 0 Å². The maximum absolute atomic E-state index is 12.3. The molecule has 0 aliphatic rings. The second-order valence-corrected chi connectivity index (χ2v) is 5.47. The number of hydrogen-bond acceptors (Lipinski definition) is 6. The molecular formula is C17H23N3O4. The van der Waals surface area contributed by atoms with Crippen molar-refractivity contribution in [3.8, 4) is 17.3 Å². The molecule has 7 heteroatoms. The topological polar surface area (TPSA) is 99.6 Å². The largest absolute Gasteiger partial charge is 0.473 e. The van der Waals surface area contributed by atoms with Crippen molar-refractivity contribution in [1.29, 1.82) is 0 Å². The molecule has 1 heterocycles. The molecule has 0 bridgehead atoms. The number of carbonyl (C=O) groups excluding carboxylic acids is 1. The molecule has 0 radical (unpaired) electrons. The number of hydrogen-bond donors (Lipinski definition) is 2. The molecule has 0 fully saturated rings. The summed E-state index contributed by atoms with van der Waals surface area (Å²) in [6.45, 7) is 3.89. The van der Waals surface area contributed by atoms with Crippen LogP contribution in [0.2, 0.25) is 0 Å². The summed E-state index contributed by atoms with van der Waals surface area (Å²) in [5.74, 6) is 5.93. The number of aliphatic hydroxyl groups excluding tert-OH is 1. The number of nitrogen functional groups attached to an aromatic ring is 1. The van der Waals surface area contributed by atoms with E-state index in [0.29, 0.717) is 12.4 Å². The molecule has 0 spiro atoms. The molecule has 0 saturated carbocycles. The van der Waals surface area contributed by atoms with E-state index in [4.69, 9.17) is 15.3 Å². The Morgan fingerprint density at radius 3 is 2.71 bits per heavy atom. The Balaban J connectivity index is 2.34. The number of unbranched alkanes of at least 4 members (excludes halogenated alkanes) is 1. The summed E-state index contributed by atoms with van der Waals surface area (Å²) >= 11 is 0. The van der Waals surface area contributed by atoms with Crippen LogP contribution in [0.4, 0.5) is 0 Å². The highest BCUT2D eigenvalue weighted by Gasteiger charge is 2.25. The average Bonchev–Trinajstić information content (AvgIpc) is 2.90. The third-order valence-corrected chi connectivity index (χ3v) is 3.28. The van der Waals surface area contributed by atoms with E-state index in [1.54, 1.807) is 6.92 Å². The summed E-state index contributed by atoms with van der Waals surface area (Å²) in [7, 11) is 0. The monoisotopic (exact) mass is 333 g/mol. The molecule has 1 unspecified atom stereocenters. The zero-order valence-corrected chi connectivity index (χ0v) is 13.9. The lowest BCUT2D eigenvalue weighted by Gasteiger charge is -2.10. The van der Waals surface area contributed by atoms with Crippen LogP contribution in [0.3, 0.4) is 0 Å². The Morgan fingerprint density at radius 2 is 2.08 bits per heavy atom. The van der Waals surface area contributed by atoms with E-state index in [0.717, 1.165) is 18.4 Å². The fraction of sp³-hybridized carbons (Fsp3) is 0.412. The van der Waals surface area contributed by atoms with Crippen molar-refractivity contribution in [3.05, 3.63) is 36.0 Å². The normalized spacial score (nSPS) is 12.0. The molecule has 0 saturated heterocycles. The van der Waals surface area contributed by atoms with Gasteiger partial charge in [0.25, 0.3) is 0 Å². The van der Waals surface area contributed by atoms with Crippen molar-refractivity contribution in [2.24, 2.45) is 0 Å². The number of rotatable bonds is 8. The van der Waals surface area contributed by atoms with E-state index < -0.39 is 12.1 Å². The quantitative estimate of drug-likeness (QED) is 0.435. The minimum absolute atomic E-state index is 0.00751. The van der Waals surface area contributed by atoms with Crippen LogP contribution in [0.25, 0.3) is 11.4 Å². The SMILES string of the molecule is CCCCOC(=O)c1nc(-c2ccccc2)n(N)c1OCC(C)O. The van der Waals surface area contributed by atoms with Gasteiger partial charge in [-0.15, -0.1) is 0 Å². The molecule has 2 aromatic rings. The third kappa shape index (κ3) is 4.26. The van der Waals surface area contributed by atoms with E-state index in [1.165, 1.54) is 4.68 Å². The zero-order chi connectivity index (χ0) is 17.5. The first-order valence-corrected chi connectivity index (χ1v) is 7.95. The molecule has 0 amide bonds. The lowest BCUT2D eigenvalue weighted by atomic mass is 10.2. The number of nitrogens with two attached hydrogens (primary N) is 1. The van der Waals surface area contributed by atoms with Gasteiger partial charge in [0.1, 0.15) is 6.61 Å².